The lowest BCUT2D eigenvalue weighted by molar-refractivity contribution is 0.0734. The van der Waals surface area contributed by atoms with Crippen LogP contribution in [-0.2, 0) is 0 Å². The van der Waals surface area contributed by atoms with Gasteiger partial charge in [-0.25, -0.2) is 10.2 Å². The second-order valence-electron chi connectivity index (χ2n) is 5.90. The van der Waals surface area contributed by atoms with Crippen LogP contribution in [0.2, 0.25) is 20.1 Å². The first-order chi connectivity index (χ1) is 14.3. The fourth-order valence-electron chi connectivity index (χ4n) is 2.34. The van der Waals surface area contributed by atoms with Crippen LogP contribution in [0.25, 0.3) is 0 Å². The zero-order valence-electron chi connectivity index (χ0n) is 15.0. The number of benzene rings is 3. The van der Waals surface area contributed by atoms with E-state index in [4.69, 9.17) is 51.1 Å². The van der Waals surface area contributed by atoms with Crippen molar-refractivity contribution in [3.63, 3.8) is 0 Å². The highest BCUT2D eigenvalue weighted by molar-refractivity contribution is 6.42. The molecule has 0 fully saturated rings. The molecule has 0 unspecified atom stereocenters. The molecule has 1 amide bonds. The summed E-state index contributed by atoms with van der Waals surface area (Å²) in [6.45, 7) is 0. The van der Waals surface area contributed by atoms with Crippen LogP contribution in [0.4, 0.5) is 0 Å². The van der Waals surface area contributed by atoms with Gasteiger partial charge in [0.05, 0.1) is 31.9 Å². The highest BCUT2D eigenvalue weighted by Gasteiger charge is 2.15. The van der Waals surface area contributed by atoms with E-state index in [1.54, 1.807) is 30.3 Å². The maximum absolute atomic E-state index is 12.2. The number of hydrogen-bond acceptors (Lipinski definition) is 4. The lowest BCUT2D eigenvalue weighted by Crippen LogP contribution is -2.17. The molecule has 3 aromatic carbocycles. The minimum absolute atomic E-state index is 0.0316. The van der Waals surface area contributed by atoms with Gasteiger partial charge in [0.1, 0.15) is 0 Å². The highest BCUT2D eigenvalue weighted by atomic mass is 35.5. The lowest BCUT2D eigenvalue weighted by Gasteiger charge is -2.09. The highest BCUT2D eigenvalue weighted by Crippen LogP contribution is 2.34. The molecule has 0 heterocycles. The number of hydrogen-bond donors (Lipinski definition) is 1. The molecule has 30 heavy (non-hydrogen) atoms. The number of nitrogens with zero attached hydrogens (tertiary/aromatic N) is 1. The smallest absolute Gasteiger partial charge is 0.343 e. The molecular formula is C21H12Cl4N2O3. The van der Waals surface area contributed by atoms with E-state index in [-0.39, 0.29) is 20.8 Å². The van der Waals surface area contributed by atoms with E-state index in [0.717, 1.165) is 0 Å². The molecule has 5 nitrogen and oxygen atoms in total. The van der Waals surface area contributed by atoms with Crippen molar-refractivity contribution in [2.24, 2.45) is 5.10 Å². The van der Waals surface area contributed by atoms with Gasteiger partial charge in [-0.15, -0.1) is 0 Å². The largest absolute Gasteiger partial charge is 0.420 e. The number of carbonyl (C=O) groups is 2. The van der Waals surface area contributed by atoms with Crippen molar-refractivity contribution in [1.29, 1.82) is 0 Å². The van der Waals surface area contributed by atoms with Crippen molar-refractivity contribution < 1.29 is 14.3 Å². The topological polar surface area (TPSA) is 67.8 Å². The van der Waals surface area contributed by atoms with Crippen LogP contribution in [0, 0.1) is 0 Å². The molecule has 0 bridgehead atoms. The Morgan fingerprint density at radius 2 is 1.47 bits per heavy atom. The summed E-state index contributed by atoms with van der Waals surface area (Å²) in [5.74, 6) is -1.03. The monoisotopic (exact) mass is 480 g/mol. The molecular weight excluding hydrogens is 470 g/mol. The van der Waals surface area contributed by atoms with Gasteiger partial charge in [-0.2, -0.15) is 5.10 Å². The Morgan fingerprint density at radius 3 is 2.10 bits per heavy atom. The predicted molar refractivity (Wildman–Crippen MR) is 119 cm³/mol. The van der Waals surface area contributed by atoms with Crippen LogP contribution < -0.4 is 10.2 Å². The van der Waals surface area contributed by atoms with Crippen molar-refractivity contribution in [3.05, 3.63) is 97.4 Å². The molecule has 0 aliphatic heterocycles. The summed E-state index contributed by atoms with van der Waals surface area (Å²) < 4.78 is 5.30. The average molecular weight is 482 g/mol. The molecule has 1 N–H and O–H groups in total. The van der Waals surface area contributed by atoms with E-state index in [2.05, 4.69) is 10.5 Å². The maximum atomic E-state index is 12.2. The van der Waals surface area contributed by atoms with Crippen molar-refractivity contribution in [3.8, 4) is 5.75 Å². The van der Waals surface area contributed by atoms with Crippen molar-refractivity contribution in [2.45, 2.75) is 0 Å². The Morgan fingerprint density at radius 1 is 0.800 bits per heavy atom. The van der Waals surface area contributed by atoms with Crippen molar-refractivity contribution >= 4 is 64.5 Å². The van der Waals surface area contributed by atoms with Crippen molar-refractivity contribution in [1.82, 2.24) is 5.43 Å². The van der Waals surface area contributed by atoms with E-state index in [1.807, 2.05) is 0 Å². The Balaban J connectivity index is 1.69. The number of amides is 1. The SMILES string of the molecule is O=C(N/N=C\c1cc(Cl)c(OC(=O)c2ccccc2)c(Cl)c1)c1ccc(Cl)c(Cl)c1. The molecule has 152 valence electrons. The summed E-state index contributed by atoms with van der Waals surface area (Å²) in [6.07, 6.45) is 1.34. The molecule has 0 radical (unpaired) electrons. The van der Waals surface area contributed by atoms with Gasteiger partial charge in [0.15, 0.2) is 5.75 Å². The van der Waals surface area contributed by atoms with Gasteiger partial charge >= 0.3 is 5.97 Å². The van der Waals surface area contributed by atoms with Crippen LogP contribution in [-0.4, -0.2) is 18.1 Å². The van der Waals surface area contributed by atoms with E-state index in [0.29, 0.717) is 21.7 Å². The molecule has 0 aromatic heterocycles. The number of ether oxygens (including phenoxy) is 1. The third-order valence-electron chi connectivity index (χ3n) is 3.79. The third kappa shape index (κ3) is 5.52. The minimum Gasteiger partial charge on any atom is -0.420 e. The molecule has 0 spiro atoms. The molecule has 0 saturated carbocycles. The number of halogens is 4. The maximum Gasteiger partial charge on any atom is 0.343 e. The van der Waals surface area contributed by atoms with Gasteiger partial charge in [-0.05, 0) is 48.0 Å². The number of esters is 1. The van der Waals surface area contributed by atoms with Gasteiger partial charge in [-0.1, -0.05) is 64.6 Å². The first kappa shape index (κ1) is 22.1. The molecule has 0 saturated heterocycles. The zero-order chi connectivity index (χ0) is 21.7. The second-order valence-corrected chi connectivity index (χ2v) is 7.53. The van der Waals surface area contributed by atoms with E-state index >= 15 is 0 Å². The first-order valence-corrected chi connectivity index (χ1v) is 9.91. The Hall–Kier alpha value is -2.57. The molecule has 9 heteroatoms. The van der Waals surface area contributed by atoms with Gasteiger partial charge in [0.2, 0.25) is 0 Å². The summed E-state index contributed by atoms with van der Waals surface area (Å²) in [5, 5.41) is 4.69. The van der Waals surface area contributed by atoms with E-state index in [1.165, 1.54) is 36.5 Å². The van der Waals surface area contributed by atoms with Gasteiger partial charge in [-0.3, -0.25) is 4.79 Å². The number of rotatable bonds is 5. The first-order valence-electron chi connectivity index (χ1n) is 8.40. The molecule has 3 rings (SSSR count). The number of hydrazone groups is 1. The fraction of sp³-hybridized carbons (Fsp3) is 0. The average Bonchev–Trinajstić information content (AvgIpc) is 2.73. The van der Waals surface area contributed by atoms with Crippen LogP contribution in [0.1, 0.15) is 26.3 Å². The summed E-state index contributed by atoms with van der Waals surface area (Å²) in [7, 11) is 0. The van der Waals surface area contributed by atoms with Crippen LogP contribution >= 0.6 is 46.4 Å². The zero-order valence-corrected chi connectivity index (χ0v) is 18.1. The van der Waals surface area contributed by atoms with E-state index < -0.39 is 11.9 Å². The van der Waals surface area contributed by atoms with Gasteiger partial charge in [0.25, 0.3) is 5.91 Å². The number of nitrogens with one attached hydrogen (secondary N) is 1. The Bertz CT molecular complexity index is 1110. The summed E-state index contributed by atoms with van der Waals surface area (Å²) in [5.41, 5.74) is 3.50. The fourth-order valence-corrected chi connectivity index (χ4v) is 3.22. The Labute approximate surface area is 192 Å². The second kappa shape index (κ2) is 9.96. The molecule has 3 aromatic rings. The van der Waals surface area contributed by atoms with Gasteiger partial charge in [0, 0.05) is 5.56 Å². The summed E-state index contributed by atoms with van der Waals surface area (Å²) in [4.78, 5) is 24.3. The van der Waals surface area contributed by atoms with Crippen LogP contribution in [0.15, 0.2) is 65.8 Å². The van der Waals surface area contributed by atoms with E-state index in [9.17, 15) is 9.59 Å². The third-order valence-corrected chi connectivity index (χ3v) is 5.09. The standard InChI is InChI=1S/C21H12Cl4N2O3/c22-15-7-6-14(10-16(15)23)20(28)27-26-11-12-8-17(24)19(18(25)9-12)30-21(29)13-4-2-1-3-5-13/h1-11H,(H,27,28)/b26-11-. The molecule has 0 atom stereocenters. The minimum atomic E-state index is -0.588. The summed E-state index contributed by atoms with van der Waals surface area (Å²) in [6, 6.07) is 15.9. The summed E-state index contributed by atoms with van der Waals surface area (Å²) >= 11 is 24.1. The van der Waals surface area contributed by atoms with Crippen LogP contribution in [0.5, 0.6) is 5.75 Å². The predicted octanol–water partition coefficient (Wildman–Crippen LogP) is 6.28. The van der Waals surface area contributed by atoms with Gasteiger partial charge < -0.3 is 4.74 Å². The quantitative estimate of drug-likeness (QED) is 0.201. The normalized spacial score (nSPS) is 10.8. The van der Waals surface area contributed by atoms with Crippen LogP contribution in [0.3, 0.4) is 0 Å². The Kier molecular flexibility index (Phi) is 7.34. The molecule has 0 aliphatic carbocycles. The van der Waals surface area contributed by atoms with Crippen molar-refractivity contribution in [2.75, 3.05) is 0 Å². The molecule has 0 aliphatic rings. The number of carbonyl (C=O) groups excluding carboxylic acids is 2. The lowest BCUT2D eigenvalue weighted by atomic mass is 10.2.